The highest BCUT2D eigenvalue weighted by atomic mass is 16.5. The topological polar surface area (TPSA) is 22.1 Å². The van der Waals surface area contributed by atoms with Gasteiger partial charge >= 0.3 is 0 Å². The van der Waals surface area contributed by atoms with Crippen molar-refractivity contribution in [2.24, 2.45) is 0 Å². The maximum Gasteiger partial charge on any atom is 0.127 e. The van der Waals surface area contributed by atoms with Crippen LogP contribution in [0.4, 0.5) is 0 Å². The van der Waals surface area contributed by atoms with E-state index in [9.17, 15) is 0 Å². The van der Waals surface area contributed by atoms with Crippen LogP contribution in [0.5, 0.6) is 0 Å². The Kier molecular flexibility index (Phi) is 3.92. The zero-order chi connectivity index (χ0) is 11.9. The minimum absolute atomic E-state index is 0.659. The lowest BCUT2D eigenvalue weighted by Gasteiger charge is -2.08. The van der Waals surface area contributed by atoms with Crippen LogP contribution in [0.25, 0.3) is 11.8 Å². The van der Waals surface area contributed by atoms with Gasteiger partial charge < -0.3 is 4.74 Å². The molecule has 0 saturated carbocycles. The first-order valence-corrected chi connectivity index (χ1v) is 5.70. The Balaban J connectivity index is 2.33. The van der Waals surface area contributed by atoms with E-state index >= 15 is 0 Å². The van der Waals surface area contributed by atoms with Crippen molar-refractivity contribution in [2.75, 3.05) is 6.61 Å². The van der Waals surface area contributed by atoms with Gasteiger partial charge in [0.2, 0.25) is 0 Å². The van der Waals surface area contributed by atoms with Crippen molar-refractivity contribution in [1.29, 1.82) is 0 Å². The zero-order valence-electron chi connectivity index (χ0n) is 9.84. The number of aromatic nitrogens is 1. The second kappa shape index (κ2) is 5.85. The lowest BCUT2D eigenvalue weighted by atomic mass is 10.1. The predicted octanol–water partition coefficient (Wildman–Crippen LogP) is 3.62. The summed E-state index contributed by atoms with van der Waals surface area (Å²) in [6, 6.07) is 14.0. The van der Waals surface area contributed by atoms with Crippen molar-refractivity contribution in [3.63, 3.8) is 0 Å². The van der Waals surface area contributed by atoms with Crippen molar-refractivity contribution in [3.8, 4) is 0 Å². The Morgan fingerprint density at radius 3 is 2.47 bits per heavy atom. The van der Waals surface area contributed by atoms with Crippen molar-refractivity contribution in [2.45, 2.75) is 6.92 Å². The van der Waals surface area contributed by atoms with Gasteiger partial charge in [-0.3, -0.25) is 4.98 Å². The third kappa shape index (κ3) is 3.18. The summed E-state index contributed by atoms with van der Waals surface area (Å²) in [4.78, 5) is 4.00. The van der Waals surface area contributed by atoms with Gasteiger partial charge in [-0.2, -0.15) is 0 Å². The van der Waals surface area contributed by atoms with Gasteiger partial charge in [-0.25, -0.2) is 0 Å². The molecule has 0 aliphatic rings. The van der Waals surface area contributed by atoms with E-state index in [4.69, 9.17) is 4.74 Å². The van der Waals surface area contributed by atoms with Crippen LogP contribution in [0.2, 0.25) is 0 Å². The highest BCUT2D eigenvalue weighted by Crippen LogP contribution is 2.18. The molecule has 2 aromatic rings. The number of ether oxygens (including phenoxy) is 1. The fourth-order valence-corrected chi connectivity index (χ4v) is 1.58. The van der Waals surface area contributed by atoms with Gasteiger partial charge in [-0.15, -0.1) is 0 Å². The van der Waals surface area contributed by atoms with E-state index in [1.165, 1.54) is 0 Å². The SMILES string of the molecule is CCO/C(=C\c1ccncc1)c1ccccc1. The van der Waals surface area contributed by atoms with E-state index in [1.807, 2.05) is 55.5 Å². The first-order chi connectivity index (χ1) is 8.40. The number of hydrogen-bond acceptors (Lipinski definition) is 2. The zero-order valence-corrected chi connectivity index (χ0v) is 9.84. The molecule has 1 heterocycles. The summed E-state index contributed by atoms with van der Waals surface area (Å²) < 4.78 is 5.67. The standard InChI is InChI=1S/C15H15NO/c1-2-17-15(14-6-4-3-5-7-14)12-13-8-10-16-11-9-13/h3-12H,2H2,1H3/b15-12-. The van der Waals surface area contributed by atoms with Crippen LogP contribution >= 0.6 is 0 Å². The molecule has 0 saturated heterocycles. The molecule has 0 N–H and O–H groups in total. The predicted molar refractivity (Wildman–Crippen MR) is 70.2 cm³/mol. The van der Waals surface area contributed by atoms with E-state index in [2.05, 4.69) is 4.98 Å². The van der Waals surface area contributed by atoms with Crippen LogP contribution in [-0.2, 0) is 4.74 Å². The van der Waals surface area contributed by atoms with Crippen molar-refractivity contribution < 1.29 is 4.74 Å². The molecular weight excluding hydrogens is 210 g/mol. The Hall–Kier alpha value is -2.09. The summed E-state index contributed by atoms with van der Waals surface area (Å²) in [5.41, 5.74) is 2.18. The number of nitrogens with zero attached hydrogens (tertiary/aromatic N) is 1. The molecule has 0 unspecified atom stereocenters. The van der Waals surface area contributed by atoms with E-state index in [-0.39, 0.29) is 0 Å². The van der Waals surface area contributed by atoms with Crippen molar-refractivity contribution in [3.05, 3.63) is 66.0 Å². The van der Waals surface area contributed by atoms with Crippen molar-refractivity contribution in [1.82, 2.24) is 4.98 Å². The fraction of sp³-hybridized carbons (Fsp3) is 0.133. The van der Waals surface area contributed by atoms with Crippen LogP contribution in [0.1, 0.15) is 18.1 Å². The molecule has 1 aromatic carbocycles. The maximum atomic E-state index is 5.67. The quantitative estimate of drug-likeness (QED) is 0.741. The first-order valence-electron chi connectivity index (χ1n) is 5.70. The summed E-state index contributed by atoms with van der Waals surface area (Å²) in [6.45, 7) is 2.65. The first kappa shape index (κ1) is 11.4. The Bertz CT molecular complexity index is 477. The average Bonchev–Trinajstić information content (AvgIpc) is 2.40. The summed E-state index contributed by atoms with van der Waals surface area (Å²) in [5, 5.41) is 0. The largest absolute Gasteiger partial charge is 0.493 e. The molecule has 0 bridgehead atoms. The third-order valence-corrected chi connectivity index (χ3v) is 2.36. The Labute approximate surface area is 102 Å². The van der Waals surface area contributed by atoms with Crippen LogP contribution in [-0.4, -0.2) is 11.6 Å². The Morgan fingerprint density at radius 1 is 1.12 bits per heavy atom. The molecule has 2 rings (SSSR count). The average molecular weight is 225 g/mol. The molecule has 0 aliphatic carbocycles. The molecule has 0 aliphatic heterocycles. The molecular formula is C15H15NO. The smallest absolute Gasteiger partial charge is 0.127 e. The minimum Gasteiger partial charge on any atom is -0.493 e. The van der Waals surface area contributed by atoms with Gasteiger partial charge in [-0.05, 0) is 30.7 Å². The van der Waals surface area contributed by atoms with E-state index in [0.29, 0.717) is 6.61 Å². The third-order valence-electron chi connectivity index (χ3n) is 2.36. The van der Waals surface area contributed by atoms with Gasteiger partial charge in [0.15, 0.2) is 0 Å². The highest BCUT2D eigenvalue weighted by Gasteiger charge is 2.01. The van der Waals surface area contributed by atoms with Crippen LogP contribution in [0.3, 0.4) is 0 Å². The summed E-state index contributed by atoms with van der Waals surface area (Å²) >= 11 is 0. The second-order valence-electron chi connectivity index (χ2n) is 3.59. The molecule has 2 nitrogen and oxygen atoms in total. The van der Waals surface area contributed by atoms with Crippen LogP contribution in [0.15, 0.2) is 54.9 Å². The molecule has 2 heteroatoms. The summed E-state index contributed by atoms with van der Waals surface area (Å²) in [7, 11) is 0. The lowest BCUT2D eigenvalue weighted by molar-refractivity contribution is 0.300. The molecule has 0 amide bonds. The molecule has 0 spiro atoms. The van der Waals surface area contributed by atoms with Crippen molar-refractivity contribution >= 4 is 11.8 Å². The lowest BCUT2D eigenvalue weighted by Crippen LogP contribution is -1.91. The number of benzene rings is 1. The van der Waals surface area contributed by atoms with Crippen LogP contribution < -0.4 is 0 Å². The minimum atomic E-state index is 0.659. The molecule has 0 radical (unpaired) electrons. The van der Waals surface area contributed by atoms with Gasteiger partial charge in [0.1, 0.15) is 5.76 Å². The molecule has 0 atom stereocenters. The van der Waals surface area contributed by atoms with Gasteiger partial charge in [0, 0.05) is 18.0 Å². The van der Waals surface area contributed by atoms with E-state index in [0.717, 1.165) is 16.9 Å². The summed E-state index contributed by atoms with van der Waals surface area (Å²) in [5.74, 6) is 0.888. The monoisotopic (exact) mass is 225 g/mol. The molecule has 1 aromatic heterocycles. The summed E-state index contributed by atoms with van der Waals surface area (Å²) in [6.07, 6.45) is 5.58. The molecule has 17 heavy (non-hydrogen) atoms. The number of pyridine rings is 1. The molecule has 0 fully saturated rings. The number of hydrogen-bond donors (Lipinski definition) is 0. The molecule has 86 valence electrons. The normalized spacial score (nSPS) is 11.2. The van der Waals surface area contributed by atoms with E-state index < -0.39 is 0 Å². The maximum absolute atomic E-state index is 5.67. The fourth-order valence-electron chi connectivity index (χ4n) is 1.58. The second-order valence-corrected chi connectivity index (χ2v) is 3.59. The van der Waals surface area contributed by atoms with Gasteiger partial charge in [0.25, 0.3) is 0 Å². The highest BCUT2D eigenvalue weighted by molar-refractivity contribution is 5.77. The van der Waals surface area contributed by atoms with E-state index in [1.54, 1.807) is 12.4 Å². The van der Waals surface area contributed by atoms with Gasteiger partial charge in [-0.1, -0.05) is 30.3 Å². The number of rotatable bonds is 4. The van der Waals surface area contributed by atoms with Gasteiger partial charge in [0.05, 0.1) is 6.61 Å². The van der Waals surface area contributed by atoms with Crippen LogP contribution in [0, 0.1) is 0 Å². The Morgan fingerprint density at radius 2 is 1.82 bits per heavy atom.